The van der Waals surface area contributed by atoms with Gasteiger partial charge in [0.25, 0.3) is 0 Å². The number of nitrogens with one attached hydrogen (secondary N) is 1. The lowest BCUT2D eigenvalue weighted by Gasteiger charge is -2.29. The Kier molecular flexibility index (Phi) is 2.17. The highest BCUT2D eigenvalue weighted by Crippen LogP contribution is 2.29. The van der Waals surface area contributed by atoms with Crippen LogP contribution in [0.1, 0.15) is 12.8 Å². The molecule has 1 aliphatic carbocycles. The third-order valence-electron chi connectivity index (χ3n) is 2.85. The number of allylic oxidation sites excluding steroid dienone is 1. The molecule has 0 spiro atoms. The maximum atomic E-state index is 5.56. The smallest absolute Gasteiger partial charge is 0.0385 e. The van der Waals surface area contributed by atoms with E-state index in [1.807, 2.05) is 0 Å². The van der Waals surface area contributed by atoms with Crippen LogP contribution in [0.4, 0.5) is 0 Å². The molecule has 2 aliphatic rings. The van der Waals surface area contributed by atoms with Gasteiger partial charge in [0, 0.05) is 12.0 Å². The summed E-state index contributed by atoms with van der Waals surface area (Å²) in [5, 5.41) is 3.41. The molecule has 0 aromatic rings. The van der Waals surface area contributed by atoms with Gasteiger partial charge in [0.05, 0.1) is 0 Å². The zero-order valence-electron chi connectivity index (χ0n) is 7.24. The molecule has 3 N–H and O–H groups in total. The summed E-state index contributed by atoms with van der Waals surface area (Å²) < 4.78 is 0. The fourth-order valence-corrected chi connectivity index (χ4v) is 2.20. The highest BCUT2D eigenvalue weighted by Gasteiger charge is 2.29. The average molecular weight is 164 g/mol. The van der Waals surface area contributed by atoms with E-state index >= 15 is 0 Å². The van der Waals surface area contributed by atoms with E-state index < -0.39 is 0 Å². The van der Waals surface area contributed by atoms with Gasteiger partial charge in [-0.15, -0.1) is 0 Å². The van der Waals surface area contributed by atoms with E-state index in [9.17, 15) is 0 Å². The number of hydrogen-bond donors (Lipinski definition) is 2. The maximum Gasteiger partial charge on any atom is 0.0385 e. The summed E-state index contributed by atoms with van der Waals surface area (Å²) in [5.74, 6) is 1.36. The van der Waals surface area contributed by atoms with Crippen molar-refractivity contribution in [2.45, 2.75) is 18.9 Å². The molecule has 3 unspecified atom stereocenters. The standard InChI is InChI=1S/C10H16N2/c11-6-4-8-2-1-3-9-5-7-12-10(8)9/h1-2,5,7-10,12H,3-4,6,11H2. The Morgan fingerprint density at radius 1 is 1.42 bits per heavy atom. The monoisotopic (exact) mass is 164 g/mol. The highest BCUT2D eigenvalue weighted by molar-refractivity contribution is 5.14. The topological polar surface area (TPSA) is 38.0 Å². The second kappa shape index (κ2) is 3.31. The van der Waals surface area contributed by atoms with Gasteiger partial charge in [0.1, 0.15) is 0 Å². The van der Waals surface area contributed by atoms with E-state index in [1.54, 1.807) is 0 Å². The first-order valence-electron chi connectivity index (χ1n) is 4.71. The molecule has 3 atom stereocenters. The molecule has 1 heterocycles. The molecule has 2 nitrogen and oxygen atoms in total. The normalized spacial score (nSPS) is 37.9. The average Bonchev–Trinajstić information content (AvgIpc) is 2.53. The molecule has 0 saturated heterocycles. The van der Waals surface area contributed by atoms with Crippen molar-refractivity contribution in [2.75, 3.05) is 6.54 Å². The second-order valence-corrected chi connectivity index (χ2v) is 3.62. The summed E-state index contributed by atoms with van der Waals surface area (Å²) in [4.78, 5) is 0. The fourth-order valence-electron chi connectivity index (χ4n) is 2.20. The SMILES string of the molecule is NCCC1C=CCC2C=CNC21. The molecule has 0 radical (unpaired) electrons. The zero-order chi connectivity index (χ0) is 8.39. The van der Waals surface area contributed by atoms with E-state index in [1.165, 1.54) is 6.42 Å². The molecule has 2 heteroatoms. The molecule has 0 aromatic heterocycles. The van der Waals surface area contributed by atoms with Crippen molar-refractivity contribution in [1.82, 2.24) is 5.32 Å². The van der Waals surface area contributed by atoms with Crippen LogP contribution in [-0.4, -0.2) is 12.6 Å². The van der Waals surface area contributed by atoms with Crippen LogP contribution in [-0.2, 0) is 0 Å². The molecule has 0 fully saturated rings. The van der Waals surface area contributed by atoms with Crippen molar-refractivity contribution in [3.8, 4) is 0 Å². The Hall–Kier alpha value is -0.760. The Balaban J connectivity index is 2.04. The van der Waals surface area contributed by atoms with Gasteiger partial charge in [-0.25, -0.2) is 0 Å². The van der Waals surface area contributed by atoms with Crippen molar-refractivity contribution in [1.29, 1.82) is 0 Å². The Morgan fingerprint density at radius 3 is 3.17 bits per heavy atom. The summed E-state index contributed by atoms with van der Waals surface area (Å²) in [5.41, 5.74) is 5.56. The summed E-state index contributed by atoms with van der Waals surface area (Å²) in [6.45, 7) is 0.792. The minimum atomic E-state index is 0.624. The van der Waals surface area contributed by atoms with E-state index in [0.717, 1.165) is 13.0 Å². The fraction of sp³-hybridized carbons (Fsp3) is 0.600. The van der Waals surface area contributed by atoms with Crippen molar-refractivity contribution >= 4 is 0 Å². The van der Waals surface area contributed by atoms with Gasteiger partial charge in [0.2, 0.25) is 0 Å². The first kappa shape index (κ1) is 7.87. The van der Waals surface area contributed by atoms with E-state index in [4.69, 9.17) is 5.73 Å². The largest absolute Gasteiger partial charge is 0.387 e. The molecule has 2 rings (SSSR count). The first-order valence-corrected chi connectivity index (χ1v) is 4.71. The number of rotatable bonds is 2. The van der Waals surface area contributed by atoms with Gasteiger partial charge in [-0.3, -0.25) is 0 Å². The van der Waals surface area contributed by atoms with E-state index in [0.29, 0.717) is 17.9 Å². The molecule has 0 amide bonds. The van der Waals surface area contributed by atoms with E-state index in [-0.39, 0.29) is 0 Å². The van der Waals surface area contributed by atoms with Crippen LogP contribution in [0, 0.1) is 11.8 Å². The van der Waals surface area contributed by atoms with Crippen molar-refractivity contribution in [3.05, 3.63) is 24.4 Å². The third kappa shape index (κ3) is 1.27. The van der Waals surface area contributed by atoms with Crippen molar-refractivity contribution < 1.29 is 0 Å². The molecule has 12 heavy (non-hydrogen) atoms. The lowest BCUT2D eigenvalue weighted by Crippen LogP contribution is -2.36. The van der Waals surface area contributed by atoms with Crippen LogP contribution in [0.15, 0.2) is 24.4 Å². The molecule has 0 aromatic carbocycles. The summed E-state index contributed by atoms with van der Waals surface area (Å²) in [6.07, 6.45) is 11.3. The minimum Gasteiger partial charge on any atom is -0.387 e. The predicted molar refractivity (Wildman–Crippen MR) is 50.5 cm³/mol. The minimum absolute atomic E-state index is 0.624. The Bertz CT molecular complexity index is 208. The predicted octanol–water partition coefficient (Wildman–Crippen LogP) is 1.01. The molecule has 66 valence electrons. The zero-order valence-corrected chi connectivity index (χ0v) is 7.24. The number of nitrogens with two attached hydrogens (primary N) is 1. The third-order valence-corrected chi connectivity index (χ3v) is 2.85. The van der Waals surface area contributed by atoms with Gasteiger partial charge in [-0.2, -0.15) is 0 Å². The summed E-state index contributed by atoms with van der Waals surface area (Å²) in [7, 11) is 0. The first-order chi connectivity index (χ1) is 5.92. The summed E-state index contributed by atoms with van der Waals surface area (Å²) >= 11 is 0. The van der Waals surface area contributed by atoms with Gasteiger partial charge in [-0.1, -0.05) is 18.2 Å². The Morgan fingerprint density at radius 2 is 2.33 bits per heavy atom. The molecule has 0 bridgehead atoms. The number of hydrogen-bond acceptors (Lipinski definition) is 2. The van der Waals surface area contributed by atoms with Crippen molar-refractivity contribution in [3.63, 3.8) is 0 Å². The Labute approximate surface area is 73.5 Å². The molecular formula is C10H16N2. The van der Waals surface area contributed by atoms with Gasteiger partial charge < -0.3 is 11.1 Å². The lowest BCUT2D eigenvalue weighted by molar-refractivity contribution is 0.354. The number of fused-ring (bicyclic) bond motifs is 1. The van der Waals surface area contributed by atoms with Crippen LogP contribution in [0.3, 0.4) is 0 Å². The second-order valence-electron chi connectivity index (χ2n) is 3.62. The quantitative estimate of drug-likeness (QED) is 0.598. The van der Waals surface area contributed by atoms with Gasteiger partial charge >= 0.3 is 0 Å². The lowest BCUT2D eigenvalue weighted by atomic mass is 9.81. The molecule has 0 saturated carbocycles. The van der Waals surface area contributed by atoms with E-state index in [2.05, 4.69) is 29.7 Å². The molecule has 1 aliphatic heterocycles. The van der Waals surface area contributed by atoms with Crippen molar-refractivity contribution in [2.24, 2.45) is 17.6 Å². The highest BCUT2D eigenvalue weighted by atomic mass is 14.9. The van der Waals surface area contributed by atoms with Crippen LogP contribution in [0.25, 0.3) is 0 Å². The molecular weight excluding hydrogens is 148 g/mol. The van der Waals surface area contributed by atoms with Gasteiger partial charge in [-0.05, 0) is 31.5 Å². The van der Waals surface area contributed by atoms with Crippen LogP contribution < -0.4 is 11.1 Å². The maximum absolute atomic E-state index is 5.56. The van der Waals surface area contributed by atoms with Crippen LogP contribution in [0.5, 0.6) is 0 Å². The summed E-state index contributed by atoms with van der Waals surface area (Å²) in [6, 6.07) is 0.624. The van der Waals surface area contributed by atoms with Crippen LogP contribution in [0.2, 0.25) is 0 Å². The van der Waals surface area contributed by atoms with Gasteiger partial charge in [0.15, 0.2) is 0 Å². The van der Waals surface area contributed by atoms with Crippen LogP contribution >= 0.6 is 0 Å².